The molecule has 0 rings (SSSR count). The lowest BCUT2D eigenvalue weighted by Crippen LogP contribution is -2.38. The molecule has 0 saturated heterocycles. The molecule has 0 aromatic carbocycles. The number of hydrogen-bond donors (Lipinski definition) is 0. The van der Waals surface area contributed by atoms with Gasteiger partial charge in [0.2, 0.25) is 0 Å². The van der Waals surface area contributed by atoms with Crippen molar-refractivity contribution in [3.63, 3.8) is 0 Å². The van der Waals surface area contributed by atoms with Crippen LogP contribution in [-0.4, -0.2) is 37.6 Å². The first-order chi connectivity index (χ1) is 7.04. The molecular formula is C10H26O3Si2. The molecule has 0 fully saturated rings. The van der Waals surface area contributed by atoms with Crippen molar-refractivity contribution in [3.05, 3.63) is 0 Å². The van der Waals surface area contributed by atoms with E-state index in [1.54, 1.807) is 0 Å². The zero-order chi connectivity index (χ0) is 11.7. The van der Waals surface area contributed by atoms with Crippen molar-refractivity contribution in [1.82, 2.24) is 0 Å². The van der Waals surface area contributed by atoms with Crippen LogP contribution in [-0.2, 0) is 13.3 Å². The van der Waals surface area contributed by atoms with E-state index in [1.807, 2.05) is 13.8 Å². The monoisotopic (exact) mass is 250 g/mol. The van der Waals surface area contributed by atoms with Crippen molar-refractivity contribution in [1.29, 1.82) is 0 Å². The zero-order valence-electron chi connectivity index (χ0n) is 10.8. The Labute approximate surface area is 97.7 Å². The predicted molar refractivity (Wildman–Crippen MR) is 69.2 cm³/mol. The average Bonchev–Trinajstić information content (AvgIpc) is 2.13. The second-order valence-corrected chi connectivity index (χ2v) is 8.82. The first kappa shape index (κ1) is 15.3. The molecule has 0 saturated carbocycles. The average molecular weight is 250 g/mol. The van der Waals surface area contributed by atoms with E-state index in [1.165, 1.54) is 6.04 Å². The fraction of sp³-hybridized carbons (Fsp3) is 1.00. The van der Waals surface area contributed by atoms with Crippen LogP contribution in [0.1, 0.15) is 27.7 Å². The lowest BCUT2D eigenvalue weighted by Gasteiger charge is -2.25. The molecular weight excluding hydrogens is 224 g/mol. The highest BCUT2D eigenvalue weighted by Gasteiger charge is 2.29. The molecule has 0 aliphatic heterocycles. The largest absolute Gasteiger partial charge is 0.422 e. The van der Waals surface area contributed by atoms with Gasteiger partial charge in [-0.05, 0) is 46.3 Å². The predicted octanol–water partition coefficient (Wildman–Crippen LogP) is 2.06. The maximum Gasteiger partial charge on any atom is 0.334 e. The van der Waals surface area contributed by atoms with Crippen molar-refractivity contribution in [3.8, 4) is 0 Å². The minimum Gasteiger partial charge on any atom is -0.422 e. The molecule has 0 aromatic heterocycles. The maximum absolute atomic E-state index is 5.76. The Balaban J connectivity index is 3.75. The topological polar surface area (TPSA) is 27.7 Å². The van der Waals surface area contributed by atoms with Crippen molar-refractivity contribution in [2.45, 2.75) is 52.4 Å². The molecule has 0 unspecified atom stereocenters. The van der Waals surface area contributed by atoms with Crippen LogP contribution >= 0.6 is 0 Å². The van der Waals surface area contributed by atoms with E-state index >= 15 is 0 Å². The summed E-state index contributed by atoms with van der Waals surface area (Å²) in [5, 5.41) is 0. The van der Waals surface area contributed by atoms with Crippen LogP contribution in [0.15, 0.2) is 0 Å². The second kappa shape index (κ2) is 8.46. The summed E-state index contributed by atoms with van der Waals surface area (Å²) < 4.78 is 17.2. The van der Waals surface area contributed by atoms with Gasteiger partial charge in [0.15, 0.2) is 9.76 Å². The summed E-state index contributed by atoms with van der Waals surface area (Å²) in [6.07, 6.45) is 0.378. The molecule has 0 aromatic rings. The standard InChI is InChI=1S/C10H26O3Si2/c1-6-11-15(5,12-7-2)9-8-14-13-10(3)4/h10H,6-9,14H2,1-5H3. The summed E-state index contributed by atoms with van der Waals surface area (Å²) in [5.41, 5.74) is 0. The summed E-state index contributed by atoms with van der Waals surface area (Å²) >= 11 is 0. The first-order valence-electron chi connectivity index (χ1n) is 5.93. The molecule has 15 heavy (non-hydrogen) atoms. The first-order valence-corrected chi connectivity index (χ1v) is 10.0. The molecule has 0 aliphatic rings. The SMILES string of the molecule is CCO[Si](C)(CC[SiH2]OC(C)C)OCC. The van der Waals surface area contributed by atoms with E-state index in [0.29, 0.717) is 6.10 Å². The van der Waals surface area contributed by atoms with E-state index in [0.717, 1.165) is 19.3 Å². The third kappa shape index (κ3) is 8.16. The Kier molecular flexibility index (Phi) is 8.64. The molecule has 0 heterocycles. The highest BCUT2D eigenvalue weighted by Crippen LogP contribution is 2.16. The molecule has 5 heteroatoms. The molecule has 3 nitrogen and oxygen atoms in total. The Hall–Kier alpha value is 0.314. The van der Waals surface area contributed by atoms with E-state index in [9.17, 15) is 0 Å². The minimum absolute atomic E-state index is 0.375. The summed E-state index contributed by atoms with van der Waals surface area (Å²) in [6.45, 7) is 11.9. The summed E-state index contributed by atoms with van der Waals surface area (Å²) in [4.78, 5) is 0. The molecule has 0 spiro atoms. The highest BCUT2D eigenvalue weighted by molar-refractivity contribution is 6.66. The van der Waals surface area contributed by atoms with Gasteiger partial charge >= 0.3 is 8.56 Å². The maximum atomic E-state index is 5.76. The van der Waals surface area contributed by atoms with Gasteiger partial charge in [-0.1, -0.05) is 0 Å². The summed E-state index contributed by atoms with van der Waals surface area (Å²) in [7, 11) is -2.24. The van der Waals surface area contributed by atoms with Crippen LogP contribution in [0.2, 0.25) is 18.6 Å². The van der Waals surface area contributed by atoms with E-state index in [-0.39, 0.29) is 9.76 Å². The van der Waals surface area contributed by atoms with Gasteiger partial charge in [0.05, 0.1) is 0 Å². The van der Waals surface area contributed by atoms with Crippen LogP contribution in [0.4, 0.5) is 0 Å². The molecule has 0 amide bonds. The van der Waals surface area contributed by atoms with E-state index in [4.69, 9.17) is 13.3 Å². The Morgan fingerprint density at radius 1 is 1.13 bits per heavy atom. The van der Waals surface area contributed by atoms with Gasteiger partial charge in [0, 0.05) is 19.3 Å². The van der Waals surface area contributed by atoms with Crippen molar-refractivity contribution in [2.75, 3.05) is 13.2 Å². The van der Waals surface area contributed by atoms with Crippen LogP contribution in [0.5, 0.6) is 0 Å². The fourth-order valence-corrected chi connectivity index (χ4v) is 6.89. The van der Waals surface area contributed by atoms with Crippen molar-refractivity contribution < 1.29 is 13.3 Å². The number of rotatable bonds is 9. The quantitative estimate of drug-likeness (QED) is 0.463. The highest BCUT2D eigenvalue weighted by atomic mass is 28.4. The van der Waals surface area contributed by atoms with Gasteiger partial charge in [-0.25, -0.2) is 0 Å². The molecule has 92 valence electrons. The lowest BCUT2D eigenvalue weighted by atomic mass is 10.5. The van der Waals surface area contributed by atoms with Crippen molar-refractivity contribution >= 4 is 18.3 Å². The molecule has 0 aliphatic carbocycles. The molecule has 0 bridgehead atoms. The van der Waals surface area contributed by atoms with Gasteiger partial charge in [0.25, 0.3) is 0 Å². The van der Waals surface area contributed by atoms with Crippen LogP contribution in [0, 0.1) is 0 Å². The third-order valence-electron chi connectivity index (χ3n) is 2.13. The lowest BCUT2D eigenvalue weighted by molar-refractivity contribution is 0.189. The van der Waals surface area contributed by atoms with Crippen LogP contribution in [0.3, 0.4) is 0 Å². The summed E-state index contributed by atoms with van der Waals surface area (Å²) in [5.74, 6) is 0. The number of hydrogen-bond acceptors (Lipinski definition) is 3. The van der Waals surface area contributed by atoms with Gasteiger partial charge in [-0.3, -0.25) is 0 Å². The zero-order valence-corrected chi connectivity index (χ0v) is 13.3. The Bertz CT molecular complexity index is 148. The smallest absolute Gasteiger partial charge is 0.334 e. The van der Waals surface area contributed by atoms with Gasteiger partial charge in [-0.15, -0.1) is 0 Å². The Morgan fingerprint density at radius 3 is 2.07 bits per heavy atom. The fourth-order valence-electron chi connectivity index (χ4n) is 1.51. The van der Waals surface area contributed by atoms with E-state index in [2.05, 4.69) is 20.4 Å². The van der Waals surface area contributed by atoms with E-state index < -0.39 is 8.56 Å². The van der Waals surface area contributed by atoms with Gasteiger partial charge in [0.1, 0.15) is 0 Å². The van der Waals surface area contributed by atoms with Crippen LogP contribution < -0.4 is 0 Å². The third-order valence-corrected chi connectivity index (χ3v) is 7.44. The normalized spacial score (nSPS) is 13.2. The Morgan fingerprint density at radius 2 is 1.67 bits per heavy atom. The van der Waals surface area contributed by atoms with Gasteiger partial charge in [-0.2, -0.15) is 0 Å². The van der Waals surface area contributed by atoms with Crippen LogP contribution in [0.25, 0.3) is 0 Å². The minimum atomic E-state index is -1.87. The molecule has 0 radical (unpaired) electrons. The van der Waals surface area contributed by atoms with Crippen molar-refractivity contribution in [2.24, 2.45) is 0 Å². The van der Waals surface area contributed by atoms with Gasteiger partial charge < -0.3 is 13.3 Å². The summed E-state index contributed by atoms with van der Waals surface area (Å²) in [6, 6.07) is 2.24. The molecule has 0 N–H and O–H groups in total. The molecule has 0 atom stereocenters. The second-order valence-electron chi connectivity index (χ2n) is 4.02.